The summed E-state index contributed by atoms with van der Waals surface area (Å²) >= 11 is 0. The number of halogens is 1. The quantitative estimate of drug-likeness (QED) is 0.817. The molecule has 1 aliphatic rings. The molecule has 0 aliphatic carbocycles. The lowest BCUT2D eigenvalue weighted by molar-refractivity contribution is 0.0784. The first-order valence-corrected chi connectivity index (χ1v) is 6.95. The summed E-state index contributed by atoms with van der Waals surface area (Å²) in [4.78, 5) is 14.2. The van der Waals surface area contributed by atoms with Crippen molar-refractivity contribution in [1.29, 1.82) is 0 Å². The van der Waals surface area contributed by atoms with Gasteiger partial charge in [0.05, 0.1) is 5.56 Å². The topological polar surface area (TPSA) is 60.8 Å². The molecule has 21 heavy (non-hydrogen) atoms. The van der Waals surface area contributed by atoms with Gasteiger partial charge in [0.2, 0.25) is 0 Å². The molecule has 1 heterocycles. The minimum atomic E-state index is -0.487. The van der Waals surface area contributed by atoms with Gasteiger partial charge >= 0.3 is 0 Å². The average molecular weight is 291 g/mol. The first kappa shape index (κ1) is 15.5. The van der Waals surface area contributed by atoms with Gasteiger partial charge in [0.15, 0.2) is 0 Å². The number of aliphatic hydroxyl groups excluding tert-OH is 2. The van der Waals surface area contributed by atoms with Crippen molar-refractivity contribution < 1.29 is 19.4 Å². The molecular formula is C16H18FNO3. The normalized spacial score (nSPS) is 17.5. The van der Waals surface area contributed by atoms with Crippen LogP contribution in [0.2, 0.25) is 0 Å². The number of aliphatic hydroxyl groups is 2. The molecule has 1 fully saturated rings. The lowest BCUT2D eigenvalue weighted by Gasteiger charge is -2.17. The summed E-state index contributed by atoms with van der Waals surface area (Å²) in [5.41, 5.74) is 0.640. The fourth-order valence-electron chi connectivity index (χ4n) is 2.54. The number of hydrogen-bond acceptors (Lipinski definition) is 3. The molecule has 1 aliphatic heterocycles. The minimum Gasteiger partial charge on any atom is -0.396 e. The Morgan fingerprint density at radius 1 is 1.43 bits per heavy atom. The summed E-state index contributed by atoms with van der Waals surface area (Å²) in [7, 11) is 0. The highest BCUT2D eigenvalue weighted by molar-refractivity contribution is 5.97. The van der Waals surface area contributed by atoms with E-state index in [1.54, 1.807) is 4.90 Å². The van der Waals surface area contributed by atoms with Gasteiger partial charge in [-0.2, -0.15) is 0 Å². The van der Waals surface area contributed by atoms with E-state index >= 15 is 0 Å². The van der Waals surface area contributed by atoms with Gasteiger partial charge in [-0.3, -0.25) is 4.79 Å². The van der Waals surface area contributed by atoms with Crippen LogP contribution in [0.15, 0.2) is 18.2 Å². The predicted octanol–water partition coefficient (Wildman–Crippen LogP) is 1.01. The number of likely N-dealkylation sites (tertiary alicyclic amines) is 1. The second kappa shape index (κ2) is 7.21. The number of amides is 1. The van der Waals surface area contributed by atoms with E-state index in [1.165, 1.54) is 18.2 Å². The summed E-state index contributed by atoms with van der Waals surface area (Å²) in [5.74, 6) is 4.71. The molecular weight excluding hydrogens is 273 g/mol. The van der Waals surface area contributed by atoms with E-state index in [2.05, 4.69) is 11.8 Å². The number of carbonyl (C=O) groups excluding carboxylic acids is 1. The van der Waals surface area contributed by atoms with Crippen molar-refractivity contribution in [2.45, 2.75) is 12.8 Å². The maximum Gasteiger partial charge on any atom is 0.255 e. The maximum atomic E-state index is 13.4. The third kappa shape index (κ3) is 3.81. The van der Waals surface area contributed by atoms with Gasteiger partial charge in [-0.05, 0) is 37.0 Å². The SMILES string of the molecule is O=C(c1cc(F)ccc1C#CCO)N1CCC(CCO)C1. The molecule has 1 saturated heterocycles. The van der Waals surface area contributed by atoms with Crippen molar-refractivity contribution in [2.75, 3.05) is 26.3 Å². The van der Waals surface area contributed by atoms with Crippen LogP contribution in [0.4, 0.5) is 4.39 Å². The van der Waals surface area contributed by atoms with Crippen LogP contribution in [-0.4, -0.2) is 47.3 Å². The van der Waals surface area contributed by atoms with Crippen LogP contribution in [-0.2, 0) is 0 Å². The number of carbonyl (C=O) groups is 1. The number of rotatable bonds is 3. The van der Waals surface area contributed by atoms with Crippen molar-refractivity contribution in [1.82, 2.24) is 4.90 Å². The maximum absolute atomic E-state index is 13.4. The van der Waals surface area contributed by atoms with Gasteiger partial charge in [-0.15, -0.1) is 0 Å². The molecule has 0 radical (unpaired) electrons. The van der Waals surface area contributed by atoms with Crippen molar-refractivity contribution in [3.8, 4) is 11.8 Å². The second-order valence-corrected chi connectivity index (χ2v) is 5.07. The molecule has 0 saturated carbocycles. The summed E-state index contributed by atoms with van der Waals surface area (Å²) in [6, 6.07) is 3.88. The largest absolute Gasteiger partial charge is 0.396 e. The van der Waals surface area contributed by atoms with E-state index < -0.39 is 5.82 Å². The van der Waals surface area contributed by atoms with E-state index in [1.807, 2.05) is 0 Å². The predicted molar refractivity (Wildman–Crippen MR) is 76.1 cm³/mol. The zero-order chi connectivity index (χ0) is 15.2. The Hall–Kier alpha value is -1.90. The van der Waals surface area contributed by atoms with E-state index in [4.69, 9.17) is 10.2 Å². The average Bonchev–Trinajstić information content (AvgIpc) is 2.94. The van der Waals surface area contributed by atoms with Gasteiger partial charge in [0.25, 0.3) is 5.91 Å². The van der Waals surface area contributed by atoms with Crippen LogP contribution in [0.25, 0.3) is 0 Å². The third-order valence-electron chi connectivity index (χ3n) is 3.62. The van der Waals surface area contributed by atoms with Crippen LogP contribution in [0.5, 0.6) is 0 Å². The minimum absolute atomic E-state index is 0.111. The van der Waals surface area contributed by atoms with Crippen molar-refractivity contribution in [3.05, 3.63) is 35.1 Å². The number of nitrogens with zero attached hydrogens (tertiary/aromatic N) is 1. The second-order valence-electron chi connectivity index (χ2n) is 5.07. The van der Waals surface area contributed by atoms with Gasteiger partial charge in [0, 0.05) is 25.3 Å². The molecule has 5 heteroatoms. The highest BCUT2D eigenvalue weighted by atomic mass is 19.1. The van der Waals surface area contributed by atoms with Crippen LogP contribution >= 0.6 is 0 Å². The zero-order valence-corrected chi connectivity index (χ0v) is 11.7. The molecule has 1 unspecified atom stereocenters. The molecule has 2 rings (SSSR count). The zero-order valence-electron chi connectivity index (χ0n) is 11.7. The molecule has 0 spiro atoms. The molecule has 0 aromatic heterocycles. The molecule has 1 amide bonds. The van der Waals surface area contributed by atoms with Gasteiger partial charge in [-0.25, -0.2) is 4.39 Å². The van der Waals surface area contributed by atoms with Crippen molar-refractivity contribution in [2.24, 2.45) is 5.92 Å². The standard InChI is InChI=1S/C16H18FNO3/c17-14-4-3-13(2-1-8-19)15(10-14)16(21)18-7-5-12(11-18)6-9-20/h3-4,10,12,19-20H,5-9,11H2. The Morgan fingerprint density at radius 2 is 2.24 bits per heavy atom. The van der Waals surface area contributed by atoms with Crippen LogP contribution in [0, 0.1) is 23.6 Å². The Balaban J connectivity index is 2.21. The first-order chi connectivity index (χ1) is 10.2. The summed E-state index contributed by atoms with van der Waals surface area (Å²) in [5, 5.41) is 17.7. The van der Waals surface area contributed by atoms with E-state index in [9.17, 15) is 9.18 Å². The Labute approximate surface area is 123 Å². The smallest absolute Gasteiger partial charge is 0.255 e. The van der Waals surface area contributed by atoms with Gasteiger partial charge in [0.1, 0.15) is 12.4 Å². The molecule has 0 bridgehead atoms. The van der Waals surface area contributed by atoms with Gasteiger partial charge in [-0.1, -0.05) is 11.8 Å². The highest BCUT2D eigenvalue weighted by Crippen LogP contribution is 2.22. The fourth-order valence-corrected chi connectivity index (χ4v) is 2.54. The lowest BCUT2D eigenvalue weighted by atomic mass is 10.1. The molecule has 1 atom stereocenters. The Morgan fingerprint density at radius 3 is 2.95 bits per heavy atom. The number of hydrogen-bond donors (Lipinski definition) is 2. The van der Waals surface area contributed by atoms with E-state index in [0.29, 0.717) is 31.0 Å². The molecule has 1 aromatic carbocycles. The summed E-state index contributed by atoms with van der Waals surface area (Å²) in [6.07, 6.45) is 1.52. The van der Waals surface area contributed by atoms with E-state index in [-0.39, 0.29) is 24.7 Å². The van der Waals surface area contributed by atoms with Gasteiger partial charge < -0.3 is 15.1 Å². The monoisotopic (exact) mass is 291 g/mol. The molecule has 1 aromatic rings. The Kier molecular flexibility index (Phi) is 5.32. The first-order valence-electron chi connectivity index (χ1n) is 6.95. The van der Waals surface area contributed by atoms with Crippen molar-refractivity contribution in [3.63, 3.8) is 0 Å². The Bertz CT molecular complexity index is 577. The number of benzene rings is 1. The van der Waals surface area contributed by atoms with Crippen LogP contribution < -0.4 is 0 Å². The molecule has 112 valence electrons. The van der Waals surface area contributed by atoms with Crippen LogP contribution in [0.1, 0.15) is 28.8 Å². The van der Waals surface area contributed by atoms with Crippen LogP contribution in [0.3, 0.4) is 0 Å². The third-order valence-corrected chi connectivity index (χ3v) is 3.62. The molecule has 2 N–H and O–H groups in total. The summed E-state index contributed by atoms with van der Waals surface area (Å²) in [6.45, 7) is 0.975. The lowest BCUT2D eigenvalue weighted by Crippen LogP contribution is -2.29. The summed E-state index contributed by atoms with van der Waals surface area (Å²) < 4.78 is 13.4. The fraction of sp³-hybridized carbons (Fsp3) is 0.438. The molecule has 4 nitrogen and oxygen atoms in total. The van der Waals surface area contributed by atoms with Crippen molar-refractivity contribution >= 4 is 5.91 Å². The highest BCUT2D eigenvalue weighted by Gasteiger charge is 2.27. The van der Waals surface area contributed by atoms with E-state index in [0.717, 1.165) is 6.42 Å².